The molecule has 3 rings (SSSR count). The number of benzene rings is 1. The Kier molecular flexibility index (Phi) is 6.19. The molecule has 2 amide bonds. The number of ether oxygens (including phenoxy) is 2. The van der Waals surface area contributed by atoms with Gasteiger partial charge in [0.05, 0.1) is 18.6 Å². The molecule has 0 spiro atoms. The number of hydrogen-bond acceptors (Lipinski definition) is 7. The maximum atomic E-state index is 13.2. The SMILES string of the molecule is CCOC(=O)C1c2cc([N+](=O)[O-])c(OC)cc2CCN1C(=O)C(=O)N1CCCC1(C)C. The van der Waals surface area contributed by atoms with Crippen molar-refractivity contribution in [2.24, 2.45) is 0 Å². The van der Waals surface area contributed by atoms with Gasteiger partial charge in [-0.25, -0.2) is 4.79 Å². The molecule has 1 atom stereocenters. The van der Waals surface area contributed by atoms with Crippen LogP contribution in [0.2, 0.25) is 0 Å². The lowest BCUT2D eigenvalue weighted by atomic mass is 9.91. The topological polar surface area (TPSA) is 119 Å². The smallest absolute Gasteiger partial charge is 0.333 e. The van der Waals surface area contributed by atoms with Gasteiger partial charge < -0.3 is 19.3 Å². The summed E-state index contributed by atoms with van der Waals surface area (Å²) < 4.78 is 10.3. The molecule has 10 nitrogen and oxygen atoms in total. The Labute approximate surface area is 180 Å². The van der Waals surface area contributed by atoms with Gasteiger partial charge in [-0.2, -0.15) is 0 Å². The van der Waals surface area contributed by atoms with Crippen LogP contribution in [0.1, 0.15) is 50.8 Å². The lowest BCUT2D eigenvalue weighted by molar-refractivity contribution is -0.385. The number of carbonyl (C=O) groups is 3. The van der Waals surface area contributed by atoms with E-state index in [0.29, 0.717) is 18.5 Å². The summed E-state index contributed by atoms with van der Waals surface area (Å²) in [5.74, 6) is -2.15. The predicted molar refractivity (Wildman–Crippen MR) is 109 cm³/mol. The lowest BCUT2D eigenvalue weighted by Gasteiger charge is -2.38. The van der Waals surface area contributed by atoms with Crippen LogP contribution in [0.5, 0.6) is 5.75 Å². The second-order valence-corrected chi connectivity index (χ2v) is 8.26. The minimum atomic E-state index is -1.24. The molecule has 1 fully saturated rings. The zero-order valence-corrected chi connectivity index (χ0v) is 18.2. The van der Waals surface area contributed by atoms with E-state index in [-0.39, 0.29) is 30.2 Å². The van der Waals surface area contributed by atoms with Gasteiger partial charge in [0, 0.05) is 24.7 Å². The van der Waals surface area contributed by atoms with Gasteiger partial charge in [-0.1, -0.05) is 0 Å². The standard InChI is InChI=1S/C21H27N3O7/c1-5-31-20(27)17-14-12-15(24(28)29)16(30-4)11-13(14)7-10-22(17)18(25)19(26)23-9-6-8-21(23,2)3/h11-12,17H,5-10H2,1-4H3. The van der Waals surface area contributed by atoms with Gasteiger partial charge in [-0.3, -0.25) is 19.7 Å². The number of hydrogen-bond donors (Lipinski definition) is 0. The molecular weight excluding hydrogens is 406 g/mol. The van der Waals surface area contributed by atoms with E-state index in [0.717, 1.165) is 12.8 Å². The molecule has 1 saturated heterocycles. The van der Waals surface area contributed by atoms with Crippen molar-refractivity contribution in [1.82, 2.24) is 9.80 Å². The fraction of sp³-hybridized carbons (Fsp3) is 0.571. The average Bonchev–Trinajstić information content (AvgIpc) is 3.09. The highest BCUT2D eigenvalue weighted by Crippen LogP contribution is 2.39. The first-order valence-electron chi connectivity index (χ1n) is 10.3. The van der Waals surface area contributed by atoms with Gasteiger partial charge >= 0.3 is 23.5 Å². The third kappa shape index (κ3) is 4.06. The molecule has 1 aromatic rings. The van der Waals surface area contributed by atoms with Crippen LogP contribution >= 0.6 is 0 Å². The highest BCUT2D eigenvalue weighted by Gasteiger charge is 2.45. The molecule has 2 heterocycles. The number of rotatable bonds is 4. The Morgan fingerprint density at radius 2 is 1.94 bits per heavy atom. The summed E-state index contributed by atoms with van der Waals surface area (Å²) in [5.41, 5.74) is 0.140. The first-order valence-corrected chi connectivity index (χ1v) is 10.3. The molecule has 10 heteroatoms. The number of nitro groups is 1. The van der Waals surface area contributed by atoms with Gasteiger partial charge in [0.25, 0.3) is 0 Å². The van der Waals surface area contributed by atoms with Gasteiger partial charge in [-0.05, 0) is 57.2 Å². The third-order valence-corrected chi connectivity index (χ3v) is 5.97. The minimum absolute atomic E-state index is 0.0675. The molecule has 1 aromatic carbocycles. The van der Waals surface area contributed by atoms with Crippen molar-refractivity contribution in [3.05, 3.63) is 33.4 Å². The van der Waals surface area contributed by atoms with Crippen LogP contribution in [0.3, 0.4) is 0 Å². The van der Waals surface area contributed by atoms with Crippen molar-refractivity contribution >= 4 is 23.5 Å². The van der Waals surface area contributed by atoms with Gasteiger partial charge in [0.1, 0.15) is 0 Å². The zero-order chi connectivity index (χ0) is 22.9. The van der Waals surface area contributed by atoms with Crippen LogP contribution in [-0.4, -0.2) is 64.9 Å². The number of nitrogens with zero attached hydrogens (tertiary/aromatic N) is 3. The minimum Gasteiger partial charge on any atom is -0.490 e. The van der Waals surface area contributed by atoms with E-state index in [4.69, 9.17) is 9.47 Å². The summed E-state index contributed by atoms with van der Waals surface area (Å²) in [6.07, 6.45) is 1.90. The second kappa shape index (κ2) is 8.52. The summed E-state index contributed by atoms with van der Waals surface area (Å²) in [6, 6.07) is 1.50. The Morgan fingerprint density at radius 3 is 2.48 bits per heavy atom. The van der Waals surface area contributed by atoms with Crippen LogP contribution in [0.15, 0.2) is 12.1 Å². The molecule has 0 saturated carbocycles. The van der Waals surface area contributed by atoms with Crippen molar-refractivity contribution in [1.29, 1.82) is 0 Å². The number of methoxy groups -OCH3 is 1. The van der Waals surface area contributed by atoms with Crippen molar-refractivity contribution in [3.8, 4) is 5.75 Å². The summed E-state index contributed by atoms with van der Waals surface area (Å²) in [5, 5.41) is 11.5. The van der Waals surface area contributed by atoms with Crippen LogP contribution < -0.4 is 4.74 Å². The maximum absolute atomic E-state index is 13.2. The first-order chi connectivity index (χ1) is 14.6. The van der Waals surface area contributed by atoms with E-state index in [1.165, 1.54) is 29.0 Å². The fourth-order valence-electron chi connectivity index (χ4n) is 4.36. The van der Waals surface area contributed by atoms with E-state index in [1.54, 1.807) is 6.92 Å². The Morgan fingerprint density at radius 1 is 1.23 bits per heavy atom. The van der Waals surface area contributed by atoms with Crippen molar-refractivity contribution in [2.75, 3.05) is 26.8 Å². The molecule has 2 aliphatic heterocycles. The molecule has 31 heavy (non-hydrogen) atoms. The third-order valence-electron chi connectivity index (χ3n) is 5.97. The van der Waals surface area contributed by atoms with E-state index >= 15 is 0 Å². The maximum Gasteiger partial charge on any atom is 0.333 e. The Hall–Kier alpha value is -3.17. The molecule has 0 bridgehead atoms. The van der Waals surface area contributed by atoms with E-state index in [1.807, 2.05) is 13.8 Å². The lowest BCUT2D eigenvalue weighted by Crippen LogP contribution is -2.54. The van der Waals surface area contributed by atoms with Crippen molar-refractivity contribution in [2.45, 2.75) is 51.6 Å². The van der Waals surface area contributed by atoms with E-state index in [9.17, 15) is 24.5 Å². The zero-order valence-electron chi connectivity index (χ0n) is 18.2. The fourth-order valence-corrected chi connectivity index (χ4v) is 4.36. The molecule has 0 radical (unpaired) electrons. The number of nitro benzene ring substituents is 1. The van der Waals surface area contributed by atoms with E-state index in [2.05, 4.69) is 0 Å². The van der Waals surface area contributed by atoms with Crippen LogP contribution in [0.25, 0.3) is 0 Å². The normalized spacial score (nSPS) is 19.5. The first kappa shape index (κ1) is 22.5. The molecule has 0 N–H and O–H groups in total. The number of amides is 2. The number of fused-ring (bicyclic) bond motifs is 1. The monoisotopic (exact) mass is 433 g/mol. The largest absolute Gasteiger partial charge is 0.490 e. The second-order valence-electron chi connectivity index (χ2n) is 8.26. The van der Waals surface area contributed by atoms with Gasteiger partial charge in [0.15, 0.2) is 11.8 Å². The molecule has 2 aliphatic rings. The summed E-state index contributed by atoms with van der Waals surface area (Å²) in [7, 11) is 1.33. The quantitative estimate of drug-likeness (QED) is 0.308. The van der Waals surface area contributed by atoms with Crippen LogP contribution in [-0.2, 0) is 25.5 Å². The van der Waals surface area contributed by atoms with E-state index < -0.39 is 34.3 Å². The highest BCUT2D eigenvalue weighted by atomic mass is 16.6. The molecule has 168 valence electrons. The molecule has 0 aromatic heterocycles. The van der Waals surface area contributed by atoms with Crippen LogP contribution in [0.4, 0.5) is 5.69 Å². The summed E-state index contributed by atoms with van der Waals surface area (Å²) in [6.45, 7) is 6.07. The number of carbonyl (C=O) groups excluding carboxylic acids is 3. The average molecular weight is 433 g/mol. The van der Waals surface area contributed by atoms with Gasteiger partial charge in [0.2, 0.25) is 0 Å². The van der Waals surface area contributed by atoms with Crippen molar-refractivity contribution < 1.29 is 28.8 Å². The predicted octanol–water partition coefficient (Wildman–Crippen LogP) is 1.99. The number of esters is 1. The Bertz CT molecular complexity index is 928. The number of likely N-dealkylation sites (tertiary alicyclic amines) is 1. The molecule has 1 unspecified atom stereocenters. The molecular formula is C21H27N3O7. The Balaban J connectivity index is 2.03. The van der Waals surface area contributed by atoms with Crippen molar-refractivity contribution in [3.63, 3.8) is 0 Å². The highest BCUT2D eigenvalue weighted by molar-refractivity contribution is 6.35. The summed E-state index contributed by atoms with van der Waals surface area (Å²) >= 11 is 0. The van der Waals surface area contributed by atoms with Crippen LogP contribution in [0, 0.1) is 10.1 Å². The molecule has 0 aliphatic carbocycles. The summed E-state index contributed by atoms with van der Waals surface area (Å²) in [4.78, 5) is 52.7. The van der Waals surface area contributed by atoms with Gasteiger partial charge in [-0.15, -0.1) is 0 Å².